The third-order valence-electron chi connectivity index (χ3n) is 3.83. The van der Waals surface area contributed by atoms with Gasteiger partial charge in [0.05, 0.1) is 0 Å². The first-order valence-electron chi connectivity index (χ1n) is 7.76. The topological polar surface area (TPSA) is 62.2 Å². The molecule has 0 radical (unpaired) electrons. The molecule has 0 fully saturated rings. The fourth-order valence-electron chi connectivity index (χ4n) is 2.57. The minimum Gasteiger partial charge on any atom is -0.506 e. The van der Waals surface area contributed by atoms with Crippen LogP contribution in [0.4, 0.5) is 20.3 Å². The molecule has 4 aromatic rings. The van der Waals surface area contributed by atoms with E-state index >= 15 is 0 Å². The Morgan fingerprint density at radius 2 is 1.69 bits per heavy atom. The molecule has 5 nitrogen and oxygen atoms in total. The minimum atomic E-state index is -0.969. The van der Waals surface area contributed by atoms with Crippen molar-refractivity contribution in [2.24, 2.45) is 10.2 Å². The number of nitrogens with zero attached hydrogens (tertiary/aromatic N) is 4. The molecular formula is C19H12F2N4O. The van der Waals surface area contributed by atoms with Crippen molar-refractivity contribution in [1.29, 1.82) is 0 Å². The van der Waals surface area contributed by atoms with Crippen molar-refractivity contribution < 1.29 is 13.9 Å². The summed E-state index contributed by atoms with van der Waals surface area (Å²) in [6.45, 7) is 0. The lowest BCUT2D eigenvalue weighted by Gasteiger charge is -2.01. The van der Waals surface area contributed by atoms with Gasteiger partial charge >= 0.3 is 0 Å². The van der Waals surface area contributed by atoms with Crippen molar-refractivity contribution in [2.45, 2.75) is 0 Å². The van der Waals surface area contributed by atoms with Crippen molar-refractivity contribution in [3.8, 4) is 17.0 Å². The first kappa shape index (κ1) is 15.9. The van der Waals surface area contributed by atoms with Crippen molar-refractivity contribution in [2.75, 3.05) is 0 Å². The van der Waals surface area contributed by atoms with Crippen LogP contribution < -0.4 is 0 Å². The molecule has 0 atom stereocenters. The molecule has 0 spiro atoms. The Labute approximate surface area is 146 Å². The van der Waals surface area contributed by atoms with E-state index in [0.29, 0.717) is 22.7 Å². The molecule has 0 saturated carbocycles. The summed E-state index contributed by atoms with van der Waals surface area (Å²) in [5.74, 6) is -1.58. The molecule has 2 aromatic heterocycles. The Bertz CT molecular complexity index is 1140. The number of phenolic OH excluding ortho intramolecular Hbond substituents is 1. The molecule has 4 rings (SSSR count). The molecule has 0 bridgehead atoms. The Kier molecular flexibility index (Phi) is 3.89. The molecule has 7 heteroatoms. The number of aromatic nitrogens is 2. The number of para-hydroxylation sites is 1. The lowest BCUT2D eigenvalue weighted by Crippen LogP contribution is -1.86. The van der Waals surface area contributed by atoms with Gasteiger partial charge in [-0.3, -0.25) is 4.40 Å². The van der Waals surface area contributed by atoms with Crippen LogP contribution in [0.15, 0.2) is 77.1 Å². The third kappa shape index (κ3) is 2.79. The number of benzene rings is 2. The second-order valence-corrected chi connectivity index (χ2v) is 5.53. The zero-order valence-corrected chi connectivity index (χ0v) is 13.3. The zero-order chi connectivity index (χ0) is 18.1. The maximum Gasteiger partial charge on any atom is 0.187 e. The Balaban J connectivity index is 1.89. The van der Waals surface area contributed by atoms with Crippen LogP contribution in [0.1, 0.15) is 0 Å². The molecule has 0 saturated heterocycles. The zero-order valence-electron chi connectivity index (χ0n) is 13.3. The van der Waals surface area contributed by atoms with Crippen LogP contribution in [0.25, 0.3) is 16.9 Å². The van der Waals surface area contributed by atoms with Gasteiger partial charge in [0.1, 0.15) is 22.8 Å². The summed E-state index contributed by atoms with van der Waals surface area (Å²) in [6.07, 6.45) is 1.74. The van der Waals surface area contributed by atoms with E-state index in [9.17, 15) is 13.9 Å². The van der Waals surface area contributed by atoms with Gasteiger partial charge in [-0.05, 0) is 42.5 Å². The maximum atomic E-state index is 13.7. The summed E-state index contributed by atoms with van der Waals surface area (Å²) in [5.41, 5.74) is 1.60. The normalized spacial score (nSPS) is 11.5. The number of hydrogen-bond acceptors (Lipinski definition) is 4. The first-order valence-corrected chi connectivity index (χ1v) is 7.76. The molecular weight excluding hydrogens is 338 g/mol. The van der Waals surface area contributed by atoms with E-state index in [1.165, 1.54) is 12.1 Å². The Morgan fingerprint density at radius 3 is 2.50 bits per heavy atom. The van der Waals surface area contributed by atoms with E-state index in [1.54, 1.807) is 47.0 Å². The smallest absolute Gasteiger partial charge is 0.187 e. The van der Waals surface area contributed by atoms with Crippen LogP contribution in [0.2, 0.25) is 0 Å². The number of azo groups is 1. The van der Waals surface area contributed by atoms with Gasteiger partial charge in [0.2, 0.25) is 0 Å². The molecule has 0 aliphatic heterocycles. The maximum absolute atomic E-state index is 13.7. The van der Waals surface area contributed by atoms with Gasteiger partial charge in [-0.25, -0.2) is 13.8 Å². The number of phenols is 1. The van der Waals surface area contributed by atoms with Gasteiger partial charge in [-0.1, -0.05) is 18.2 Å². The van der Waals surface area contributed by atoms with E-state index in [1.807, 2.05) is 0 Å². The fourth-order valence-corrected chi connectivity index (χ4v) is 2.57. The predicted molar refractivity (Wildman–Crippen MR) is 92.8 cm³/mol. The standard InChI is InChI=1S/C19H12F2N4O/c20-13-9-8-12(11-14(13)21)18-19(25-10-4-3-7-17(25)22-18)24-23-15-5-1-2-6-16(15)26/h1-11,26H. The van der Waals surface area contributed by atoms with Crippen LogP contribution >= 0.6 is 0 Å². The van der Waals surface area contributed by atoms with Gasteiger partial charge in [0.15, 0.2) is 17.5 Å². The largest absolute Gasteiger partial charge is 0.506 e. The molecule has 1 N–H and O–H groups in total. The third-order valence-corrected chi connectivity index (χ3v) is 3.83. The quantitative estimate of drug-likeness (QED) is 0.503. The van der Waals surface area contributed by atoms with E-state index in [-0.39, 0.29) is 11.4 Å². The highest BCUT2D eigenvalue weighted by Crippen LogP contribution is 2.34. The predicted octanol–water partition coefficient (Wildman–Crippen LogP) is 5.40. The van der Waals surface area contributed by atoms with Gasteiger partial charge in [0, 0.05) is 11.8 Å². The fraction of sp³-hybridized carbons (Fsp3) is 0. The molecule has 0 unspecified atom stereocenters. The molecule has 2 heterocycles. The first-order chi connectivity index (χ1) is 12.6. The second kappa shape index (κ2) is 6.36. The van der Waals surface area contributed by atoms with Crippen molar-refractivity contribution >= 4 is 17.2 Å². The van der Waals surface area contributed by atoms with E-state index in [2.05, 4.69) is 15.2 Å². The van der Waals surface area contributed by atoms with Gasteiger partial charge < -0.3 is 5.11 Å². The van der Waals surface area contributed by atoms with Crippen molar-refractivity contribution in [3.63, 3.8) is 0 Å². The summed E-state index contributed by atoms with van der Waals surface area (Å²) in [7, 11) is 0. The lowest BCUT2D eigenvalue weighted by atomic mass is 10.1. The summed E-state index contributed by atoms with van der Waals surface area (Å²) < 4.78 is 28.6. The number of pyridine rings is 1. The Hall–Kier alpha value is -3.61. The highest BCUT2D eigenvalue weighted by atomic mass is 19.2. The highest BCUT2D eigenvalue weighted by molar-refractivity contribution is 5.74. The van der Waals surface area contributed by atoms with E-state index in [0.717, 1.165) is 12.1 Å². The summed E-state index contributed by atoms with van der Waals surface area (Å²) in [4.78, 5) is 4.45. The number of hydrogen-bond donors (Lipinski definition) is 1. The number of halogens is 2. The molecule has 0 amide bonds. The number of imidazole rings is 1. The number of rotatable bonds is 3. The lowest BCUT2D eigenvalue weighted by molar-refractivity contribution is 0.476. The molecule has 0 aliphatic carbocycles. The van der Waals surface area contributed by atoms with Crippen LogP contribution in [0.5, 0.6) is 5.75 Å². The second-order valence-electron chi connectivity index (χ2n) is 5.53. The molecule has 26 heavy (non-hydrogen) atoms. The van der Waals surface area contributed by atoms with Crippen LogP contribution in [-0.2, 0) is 0 Å². The Morgan fingerprint density at radius 1 is 0.885 bits per heavy atom. The van der Waals surface area contributed by atoms with E-state index < -0.39 is 11.6 Å². The monoisotopic (exact) mass is 350 g/mol. The average molecular weight is 350 g/mol. The molecule has 128 valence electrons. The summed E-state index contributed by atoms with van der Waals surface area (Å²) in [5, 5.41) is 18.1. The molecule has 0 aliphatic rings. The number of aromatic hydroxyl groups is 1. The summed E-state index contributed by atoms with van der Waals surface area (Å²) >= 11 is 0. The minimum absolute atomic E-state index is 0.0144. The highest BCUT2D eigenvalue weighted by Gasteiger charge is 2.15. The van der Waals surface area contributed by atoms with E-state index in [4.69, 9.17) is 0 Å². The van der Waals surface area contributed by atoms with Gasteiger partial charge in [0.25, 0.3) is 0 Å². The summed E-state index contributed by atoms with van der Waals surface area (Å²) in [6, 6.07) is 15.4. The van der Waals surface area contributed by atoms with Gasteiger partial charge in [-0.15, -0.1) is 10.2 Å². The average Bonchev–Trinajstić information content (AvgIpc) is 3.02. The SMILES string of the molecule is Oc1ccccc1N=Nc1c(-c2ccc(F)c(F)c2)nc2ccccn12. The van der Waals surface area contributed by atoms with Crippen LogP contribution in [0, 0.1) is 11.6 Å². The van der Waals surface area contributed by atoms with Crippen LogP contribution in [0.3, 0.4) is 0 Å². The number of fused-ring (bicyclic) bond motifs is 1. The van der Waals surface area contributed by atoms with Gasteiger partial charge in [-0.2, -0.15) is 0 Å². The van der Waals surface area contributed by atoms with Crippen LogP contribution in [-0.4, -0.2) is 14.5 Å². The molecule has 2 aromatic carbocycles. The van der Waals surface area contributed by atoms with Crippen molar-refractivity contribution in [1.82, 2.24) is 9.38 Å². The van der Waals surface area contributed by atoms with Crippen molar-refractivity contribution in [3.05, 3.63) is 78.5 Å².